The SMILES string of the molecule is CN[C@@H]1[C@@H](O)[C@@H](O[C@@H]2[C@@H](O)[C@H](C3OC(CNCC4CC4)=CC[C@H]3N)[C@@H](N)C[C@H]2NC(=O)C(O)C2CNC2)OC[C@]1(C)O. The minimum atomic E-state index is -1.36. The van der Waals surface area contributed by atoms with Crippen molar-refractivity contribution in [3.05, 3.63) is 11.8 Å². The Labute approximate surface area is 246 Å². The third-order valence-corrected chi connectivity index (χ3v) is 9.57. The molecular formula is C28H50N6O8. The van der Waals surface area contributed by atoms with Gasteiger partial charge in [0.05, 0.1) is 31.3 Å². The first-order chi connectivity index (χ1) is 20.0. The molecule has 14 heteroatoms. The van der Waals surface area contributed by atoms with Crippen LogP contribution in [0.15, 0.2) is 11.8 Å². The summed E-state index contributed by atoms with van der Waals surface area (Å²) in [5.41, 5.74) is 11.8. The molecule has 4 fully saturated rings. The Balaban J connectivity index is 1.33. The molecule has 0 aromatic heterocycles. The Morgan fingerprint density at radius 3 is 2.62 bits per heavy atom. The zero-order chi connectivity index (χ0) is 30.2. The number of aliphatic hydroxyl groups is 4. The molecule has 0 spiro atoms. The van der Waals surface area contributed by atoms with Gasteiger partial charge in [-0.25, -0.2) is 0 Å². The van der Waals surface area contributed by atoms with Crippen molar-refractivity contribution in [1.82, 2.24) is 21.3 Å². The third kappa shape index (κ3) is 6.94. The lowest BCUT2D eigenvalue weighted by Crippen LogP contribution is -2.70. The predicted molar refractivity (Wildman–Crippen MR) is 152 cm³/mol. The van der Waals surface area contributed by atoms with Crippen LogP contribution >= 0.6 is 0 Å². The number of aliphatic hydroxyl groups excluding tert-OH is 3. The van der Waals surface area contributed by atoms with Crippen LogP contribution in [-0.4, -0.2) is 133 Å². The van der Waals surface area contributed by atoms with Crippen LogP contribution in [0.2, 0.25) is 0 Å². The molecule has 2 saturated heterocycles. The maximum absolute atomic E-state index is 13.0. The molecule has 1 amide bonds. The first-order valence-corrected chi connectivity index (χ1v) is 15.3. The molecule has 14 nitrogen and oxygen atoms in total. The molecule has 2 saturated carbocycles. The van der Waals surface area contributed by atoms with Gasteiger partial charge in [-0.1, -0.05) is 0 Å². The van der Waals surface area contributed by atoms with Crippen molar-refractivity contribution in [3.63, 3.8) is 0 Å². The van der Waals surface area contributed by atoms with Crippen LogP contribution in [-0.2, 0) is 19.0 Å². The normalized spacial score (nSPS) is 43.6. The monoisotopic (exact) mass is 598 g/mol. The number of hydrogen-bond donors (Lipinski definition) is 10. The number of nitrogens with two attached hydrogens (primary N) is 2. The molecule has 12 atom stereocenters. The maximum atomic E-state index is 13.0. The fourth-order valence-electron chi connectivity index (χ4n) is 6.70. The lowest BCUT2D eigenvalue weighted by molar-refractivity contribution is -0.297. The second kappa shape index (κ2) is 13.3. The predicted octanol–water partition coefficient (Wildman–Crippen LogP) is -3.80. The van der Waals surface area contributed by atoms with Gasteiger partial charge in [-0.2, -0.15) is 0 Å². The minimum Gasteiger partial charge on any atom is -0.492 e. The van der Waals surface area contributed by atoms with Gasteiger partial charge in [0.1, 0.15) is 35.8 Å². The topological polar surface area (TPSA) is 226 Å². The summed E-state index contributed by atoms with van der Waals surface area (Å²) in [6, 6.07) is -2.63. The van der Waals surface area contributed by atoms with Crippen LogP contribution in [0, 0.1) is 17.8 Å². The van der Waals surface area contributed by atoms with Gasteiger partial charge in [0.2, 0.25) is 5.91 Å². The second-order valence-corrected chi connectivity index (χ2v) is 13.1. The molecule has 0 aromatic carbocycles. The van der Waals surface area contributed by atoms with Crippen LogP contribution in [0.5, 0.6) is 0 Å². The van der Waals surface area contributed by atoms with E-state index >= 15 is 0 Å². The number of hydrogen-bond acceptors (Lipinski definition) is 13. The van der Waals surface area contributed by atoms with Crippen molar-refractivity contribution in [1.29, 1.82) is 0 Å². The van der Waals surface area contributed by atoms with Gasteiger partial charge < -0.3 is 67.4 Å². The highest BCUT2D eigenvalue weighted by atomic mass is 16.7. The van der Waals surface area contributed by atoms with Crippen molar-refractivity contribution in [3.8, 4) is 0 Å². The Bertz CT molecular complexity index is 965. The van der Waals surface area contributed by atoms with Crippen LogP contribution < -0.4 is 32.7 Å². The number of carbonyl (C=O) groups is 1. The fraction of sp³-hybridized carbons (Fsp3) is 0.893. The highest BCUT2D eigenvalue weighted by Crippen LogP contribution is 2.37. The van der Waals surface area contributed by atoms with E-state index in [1.807, 2.05) is 6.08 Å². The van der Waals surface area contributed by atoms with Gasteiger partial charge in [-0.3, -0.25) is 4.79 Å². The van der Waals surface area contributed by atoms with Crippen molar-refractivity contribution in [2.75, 3.05) is 39.8 Å². The quantitative estimate of drug-likeness (QED) is 0.110. The summed E-state index contributed by atoms with van der Waals surface area (Å²) in [6.45, 7) is 3.95. The van der Waals surface area contributed by atoms with Crippen molar-refractivity contribution in [2.24, 2.45) is 29.2 Å². The van der Waals surface area contributed by atoms with Crippen LogP contribution in [0.1, 0.15) is 32.6 Å². The molecule has 2 unspecified atom stereocenters. The molecule has 42 heavy (non-hydrogen) atoms. The summed E-state index contributed by atoms with van der Waals surface area (Å²) in [5, 5.41) is 56.4. The van der Waals surface area contributed by atoms with Gasteiger partial charge in [0, 0.05) is 37.0 Å². The molecule has 240 valence electrons. The largest absolute Gasteiger partial charge is 0.492 e. The zero-order valence-corrected chi connectivity index (χ0v) is 24.5. The molecule has 12 N–H and O–H groups in total. The summed E-state index contributed by atoms with van der Waals surface area (Å²) in [7, 11) is 1.61. The lowest BCUT2D eigenvalue weighted by Gasteiger charge is -2.50. The summed E-state index contributed by atoms with van der Waals surface area (Å²) in [4.78, 5) is 13.0. The summed E-state index contributed by atoms with van der Waals surface area (Å²) < 4.78 is 18.3. The highest BCUT2D eigenvalue weighted by Gasteiger charge is 2.53. The van der Waals surface area contributed by atoms with Gasteiger partial charge in [0.25, 0.3) is 0 Å². The van der Waals surface area contributed by atoms with E-state index in [0.29, 0.717) is 32.0 Å². The van der Waals surface area contributed by atoms with Gasteiger partial charge in [-0.05, 0) is 58.2 Å². The molecule has 5 aliphatic rings. The van der Waals surface area contributed by atoms with Gasteiger partial charge in [-0.15, -0.1) is 0 Å². The van der Waals surface area contributed by atoms with E-state index in [2.05, 4.69) is 21.3 Å². The Kier molecular flexibility index (Phi) is 10.1. The number of nitrogens with one attached hydrogen (secondary N) is 4. The van der Waals surface area contributed by atoms with Crippen LogP contribution in [0.4, 0.5) is 0 Å². The molecule has 5 rings (SSSR count). The second-order valence-electron chi connectivity index (χ2n) is 13.1. The van der Waals surface area contributed by atoms with Gasteiger partial charge in [0.15, 0.2) is 6.29 Å². The standard InChI is InChI=1S/C28H50N6O8/c1-28(39)12-40-27(22(37)25(28)31-2)42-24-18(34-26(38)20(35)14-9-33-10-14)7-17(30)19(21(24)36)23-16(29)6-5-15(41-23)11-32-8-13-3-4-13/h5,13-14,16-25,27,31-33,35-37,39H,3-4,6-12,29-30H2,1-2H3,(H,34,38)/t16-,17+,18-,19-,20?,21+,22-,23?,24+,25-,27-,28+/m1/s1. The molecule has 2 aliphatic carbocycles. The summed E-state index contributed by atoms with van der Waals surface area (Å²) >= 11 is 0. The smallest absolute Gasteiger partial charge is 0.249 e. The van der Waals surface area contributed by atoms with Gasteiger partial charge >= 0.3 is 0 Å². The fourth-order valence-corrected chi connectivity index (χ4v) is 6.70. The van der Waals surface area contributed by atoms with E-state index in [-0.39, 0.29) is 18.9 Å². The summed E-state index contributed by atoms with van der Waals surface area (Å²) in [5.74, 6) is 0.00552. The first kappa shape index (κ1) is 32.0. The van der Waals surface area contributed by atoms with Crippen LogP contribution in [0.3, 0.4) is 0 Å². The molecule has 3 heterocycles. The Morgan fingerprint density at radius 1 is 1.24 bits per heavy atom. The molecule has 0 bridgehead atoms. The molecule has 0 radical (unpaired) electrons. The first-order valence-electron chi connectivity index (χ1n) is 15.3. The lowest BCUT2D eigenvalue weighted by atomic mass is 9.72. The van der Waals surface area contributed by atoms with E-state index in [4.69, 9.17) is 25.7 Å². The molecular weight excluding hydrogens is 548 g/mol. The van der Waals surface area contributed by atoms with E-state index < -0.39 is 78.4 Å². The average molecular weight is 599 g/mol. The Hall–Kier alpha value is -1.43. The maximum Gasteiger partial charge on any atom is 0.249 e. The van der Waals surface area contributed by atoms with E-state index in [9.17, 15) is 25.2 Å². The minimum absolute atomic E-state index is 0.130. The highest BCUT2D eigenvalue weighted by molar-refractivity contribution is 5.81. The van der Waals surface area contributed by atoms with Crippen molar-refractivity contribution in [2.45, 2.75) is 99.2 Å². The number of rotatable bonds is 11. The number of ether oxygens (including phenoxy) is 3. The number of amides is 1. The van der Waals surface area contributed by atoms with Crippen molar-refractivity contribution < 1.29 is 39.4 Å². The zero-order valence-electron chi connectivity index (χ0n) is 24.5. The summed E-state index contributed by atoms with van der Waals surface area (Å²) in [6.07, 6.45) is -1.50. The third-order valence-electron chi connectivity index (χ3n) is 9.57. The van der Waals surface area contributed by atoms with Crippen LogP contribution in [0.25, 0.3) is 0 Å². The van der Waals surface area contributed by atoms with E-state index in [1.54, 1.807) is 14.0 Å². The molecule has 3 aliphatic heterocycles. The Morgan fingerprint density at radius 2 is 1.98 bits per heavy atom. The number of carbonyl (C=O) groups excluding carboxylic acids is 1. The average Bonchev–Trinajstić information content (AvgIpc) is 3.72. The molecule has 0 aromatic rings. The van der Waals surface area contributed by atoms with E-state index in [1.165, 1.54) is 12.8 Å². The van der Waals surface area contributed by atoms with Crippen molar-refractivity contribution >= 4 is 5.91 Å². The van der Waals surface area contributed by atoms with E-state index in [0.717, 1.165) is 12.3 Å². The number of likely N-dealkylation sites (N-methyl/N-ethyl adjacent to an activating group) is 1.